The van der Waals surface area contributed by atoms with E-state index in [2.05, 4.69) is 32.9 Å². The van der Waals surface area contributed by atoms with Crippen LogP contribution < -0.4 is 0 Å². The van der Waals surface area contributed by atoms with E-state index >= 15 is 0 Å². The van der Waals surface area contributed by atoms with Crippen LogP contribution in [-0.4, -0.2) is 6.29 Å². The molecule has 1 nitrogen and oxygen atoms in total. The van der Waals surface area contributed by atoms with Gasteiger partial charge in [0.15, 0.2) is 0 Å². The van der Waals surface area contributed by atoms with Gasteiger partial charge >= 0.3 is 0 Å². The molecule has 0 aromatic carbocycles. The van der Waals surface area contributed by atoms with Crippen LogP contribution in [0, 0.1) is 5.41 Å². The fraction of sp³-hybridized carbons (Fsp3) is 0.562. The molecule has 0 N–H and O–H groups in total. The molecule has 0 aromatic heterocycles. The lowest BCUT2D eigenvalue weighted by atomic mass is 9.72. The van der Waals surface area contributed by atoms with E-state index < -0.39 is 0 Å². The minimum absolute atomic E-state index is 0.295. The van der Waals surface area contributed by atoms with Crippen molar-refractivity contribution in [2.45, 2.75) is 53.4 Å². The van der Waals surface area contributed by atoms with E-state index in [0.29, 0.717) is 11.8 Å². The van der Waals surface area contributed by atoms with Crippen molar-refractivity contribution < 1.29 is 4.79 Å². The van der Waals surface area contributed by atoms with Gasteiger partial charge in [-0.1, -0.05) is 43.2 Å². The molecule has 0 saturated carbocycles. The minimum atomic E-state index is 0.295. The average molecular weight is 232 g/mol. The molecule has 0 amide bonds. The first-order chi connectivity index (χ1) is 7.97. The molecule has 0 spiro atoms. The summed E-state index contributed by atoms with van der Waals surface area (Å²) >= 11 is 0. The molecule has 0 aromatic rings. The zero-order chi connectivity index (χ0) is 12.9. The van der Waals surface area contributed by atoms with Crippen molar-refractivity contribution in [1.29, 1.82) is 0 Å². The Bertz CT molecular complexity index is 367. The van der Waals surface area contributed by atoms with Crippen molar-refractivity contribution >= 4 is 6.29 Å². The Kier molecular flexibility index (Phi) is 4.92. The third kappa shape index (κ3) is 3.99. The molecule has 0 atom stereocenters. The van der Waals surface area contributed by atoms with Crippen molar-refractivity contribution in [2.75, 3.05) is 0 Å². The maximum Gasteiger partial charge on any atom is 0.123 e. The summed E-state index contributed by atoms with van der Waals surface area (Å²) in [6.07, 6.45) is 11.6. The number of hydrogen-bond donors (Lipinski definition) is 0. The van der Waals surface area contributed by atoms with Crippen LogP contribution >= 0.6 is 0 Å². The van der Waals surface area contributed by atoms with E-state index in [4.69, 9.17) is 0 Å². The van der Waals surface area contributed by atoms with Gasteiger partial charge < -0.3 is 4.79 Å². The summed E-state index contributed by atoms with van der Waals surface area (Å²) in [6, 6.07) is 0. The van der Waals surface area contributed by atoms with Gasteiger partial charge in [0.05, 0.1) is 0 Å². The summed E-state index contributed by atoms with van der Waals surface area (Å²) in [5, 5.41) is 0. The van der Waals surface area contributed by atoms with Gasteiger partial charge in [0.1, 0.15) is 6.29 Å². The Morgan fingerprint density at radius 3 is 2.71 bits per heavy atom. The normalized spacial score (nSPS) is 21.1. The molecular formula is C16H24O. The second-order valence-corrected chi connectivity index (χ2v) is 5.62. The second-order valence-electron chi connectivity index (χ2n) is 5.62. The Balaban J connectivity index is 2.85. The monoisotopic (exact) mass is 232 g/mol. The third-order valence-electron chi connectivity index (χ3n) is 3.59. The molecule has 0 bridgehead atoms. The molecule has 0 aliphatic heterocycles. The van der Waals surface area contributed by atoms with Crippen LogP contribution in [-0.2, 0) is 4.79 Å². The first kappa shape index (κ1) is 14.0. The van der Waals surface area contributed by atoms with Crippen LogP contribution in [0.2, 0.25) is 0 Å². The molecule has 0 heterocycles. The quantitative estimate of drug-likeness (QED) is 0.511. The van der Waals surface area contributed by atoms with Crippen molar-refractivity contribution in [3.63, 3.8) is 0 Å². The van der Waals surface area contributed by atoms with E-state index in [1.807, 2.05) is 13.0 Å². The van der Waals surface area contributed by atoms with Gasteiger partial charge in [-0.05, 0) is 44.1 Å². The minimum Gasteiger partial charge on any atom is -0.303 e. The molecule has 0 unspecified atom stereocenters. The topological polar surface area (TPSA) is 17.1 Å². The summed E-state index contributed by atoms with van der Waals surface area (Å²) in [4.78, 5) is 10.3. The summed E-state index contributed by atoms with van der Waals surface area (Å²) in [6.45, 7) is 8.93. The SMILES string of the molecule is CC1=C(/C=C/C(C)=C\CC=O)C(C)(C)CCC1. The zero-order valence-corrected chi connectivity index (χ0v) is 11.5. The Morgan fingerprint density at radius 2 is 2.12 bits per heavy atom. The van der Waals surface area contributed by atoms with E-state index in [9.17, 15) is 4.79 Å². The number of aldehydes is 1. The molecule has 0 saturated heterocycles. The molecular weight excluding hydrogens is 208 g/mol. The highest BCUT2D eigenvalue weighted by Crippen LogP contribution is 2.40. The maximum atomic E-state index is 10.3. The van der Waals surface area contributed by atoms with E-state index in [-0.39, 0.29) is 0 Å². The molecule has 17 heavy (non-hydrogen) atoms. The van der Waals surface area contributed by atoms with Crippen molar-refractivity contribution in [1.82, 2.24) is 0 Å². The average Bonchev–Trinajstić information content (AvgIpc) is 2.24. The molecule has 1 heteroatoms. The van der Waals surface area contributed by atoms with Gasteiger partial charge in [0.2, 0.25) is 0 Å². The van der Waals surface area contributed by atoms with Crippen LogP contribution in [0.25, 0.3) is 0 Å². The molecule has 0 radical (unpaired) electrons. The Hall–Kier alpha value is -1.11. The lowest BCUT2D eigenvalue weighted by Crippen LogP contribution is -2.19. The van der Waals surface area contributed by atoms with Crippen LogP contribution in [0.15, 0.2) is 34.9 Å². The van der Waals surface area contributed by atoms with Gasteiger partial charge in [0.25, 0.3) is 0 Å². The van der Waals surface area contributed by atoms with Crippen molar-refractivity contribution in [3.05, 3.63) is 34.9 Å². The highest BCUT2D eigenvalue weighted by Gasteiger charge is 2.26. The highest BCUT2D eigenvalue weighted by molar-refractivity contribution is 5.52. The Morgan fingerprint density at radius 1 is 1.41 bits per heavy atom. The number of hydrogen-bond acceptors (Lipinski definition) is 1. The van der Waals surface area contributed by atoms with Gasteiger partial charge in [0, 0.05) is 6.42 Å². The maximum absolute atomic E-state index is 10.3. The van der Waals surface area contributed by atoms with Crippen LogP contribution in [0.5, 0.6) is 0 Å². The van der Waals surface area contributed by atoms with E-state index in [1.54, 1.807) is 0 Å². The zero-order valence-electron chi connectivity index (χ0n) is 11.5. The lowest BCUT2D eigenvalue weighted by molar-refractivity contribution is -0.107. The van der Waals surface area contributed by atoms with Gasteiger partial charge in [-0.3, -0.25) is 0 Å². The van der Waals surface area contributed by atoms with E-state index in [0.717, 1.165) is 6.29 Å². The van der Waals surface area contributed by atoms with Gasteiger partial charge in [-0.2, -0.15) is 0 Å². The molecule has 1 aliphatic carbocycles. The standard InChI is InChI=1S/C16H24O/c1-13(7-6-12-17)9-10-15-14(2)8-5-11-16(15,3)4/h7,9-10,12H,5-6,8,11H2,1-4H3/b10-9+,13-7-. The summed E-state index contributed by atoms with van der Waals surface area (Å²) < 4.78 is 0. The molecule has 1 aliphatic rings. The Labute approximate surface area is 105 Å². The predicted molar refractivity (Wildman–Crippen MR) is 73.9 cm³/mol. The number of carbonyl (C=O) groups excluding carboxylic acids is 1. The van der Waals surface area contributed by atoms with Crippen molar-refractivity contribution in [2.24, 2.45) is 5.41 Å². The van der Waals surface area contributed by atoms with Crippen molar-refractivity contribution in [3.8, 4) is 0 Å². The highest BCUT2D eigenvalue weighted by atomic mass is 16.1. The first-order valence-electron chi connectivity index (χ1n) is 6.46. The van der Waals surface area contributed by atoms with Gasteiger partial charge in [-0.15, -0.1) is 0 Å². The second kappa shape index (κ2) is 6.00. The first-order valence-corrected chi connectivity index (χ1v) is 6.46. The number of carbonyl (C=O) groups is 1. The number of rotatable bonds is 4. The number of allylic oxidation sites excluding steroid dienone is 6. The predicted octanol–water partition coefficient (Wildman–Crippen LogP) is 4.60. The lowest BCUT2D eigenvalue weighted by Gasteiger charge is -2.32. The smallest absolute Gasteiger partial charge is 0.123 e. The van der Waals surface area contributed by atoms with Crippen LogP contribution in [0.4, 0.5) is 0 Å². The van der Waals surface area contributed by atoms with Crippen LogP contribution in [0.3, 0.4) is 0 Å². The van der Waals surface area contributed by atoms with Crippen LogP contribution in [0.1, 0.15) is 53.4 Å². The third-order valence-corrected chi connectivity index (χ3v) is 3.59. The molecule has 94 valence electrons. The summed E-state index contributed by atoms with van der Waals surface area (Å²) in [7, 11) is 0. The van der Waals surface area contributed by atoms with E-state index in [1.165, 1.54) is 36.0 Å². The fourth-order valence-corrected chi connectivity index (χ4v) is 2.53. The molecule has 0 fully saturated rings. The fourth-order valence-electron chi connectivity index (χ4n) is 2.53. The largest absolute Gasteiger partial charge is 0.303 e. The summed E-state index contributed by atoms with van der Waals surface area (Å²) in [5.41, 5.74) is 4.45. The summed E-state index contributed by atoms with van der Waals surface area (Å²) in [5.74, 6) is 0. The van der Waals surface area contributed by atoms with Gasteiger partial charge in [-0.25, -0.2) is 0 Å². The molecule has 1 rings (SSSR count).